The molecular formula is C19H17ClN2OS. The van der Waals surface area contributed by atoms with Gasteiger partial charge in [-0.1, -0.05) is 48.0 Å². The Morgan fingerprint density at radius 2 is 1.96 bits per heavy atom. The van der Waals surface area contributed by atoms with Gasteiger partial charge in [0.1, 0.15) is 5.01 Å². The van der Waals surface area contributed by atoms with Crippen molar-refractivity contribution in [3.05, 3.63) is 69.7 Å². The first kappa shape index (κ1) is 16.7. The normalized spacial score (nSPS) is 10.6. The van der Waals surface area contributed by atoms with Gasteiger partial charge >= 0.3 is 0 Å². The van der Waals surface area contributed by atoms with Crippen LogP contribution in [0.3, 0.4) is 0 Å². The molecule has 5 heteroatoms. The molecule has 3 nitrogen and oxygen atoms in total. The molecule has 0 saturated carbocycles. The summed E-state index contributed by atoms with van der Waals surface area (Å²) < 4.78 is 0. The van der Waals surface area contributed by atoms with E-state index in [2.05, 4.69) is 10.3 Å². The largest absolute Gasteiger partial charge is 0.324 e. The molecule has 24 heavy (non-hydrogen) atoms. The number of anilines is 1. The van der Waals surface area contributed by atoms with E-state index in [1.165, 1.54) is 0 Å². The van der Waals surface area contributed by atoms with Crippen molar-refractivity contribution >= 4 is 34.5 Å². The first-order valence-electron chi connectivity index (χ1n) is 7.59. The summed E-state index contributed by atoms with van der Waals surface area (Å²) in [4.78, 5) is 16.9. The van der Waals surface area contributed by atoms with E-state index in [0.717, 1.165) is 27.4 Å². The number of benzene rings is 2. The lowest BCUT2D eigenvalue weighted by Crippen LogP contribution is -2.15. The molecule has 0 aliphatic heterocycles. The zero-order valence-electron chi connectivity index (χ0n) is 13.5. The van der Waals surface area contributed by atoms with Crippen LogP contribution in [-0.4, -0.2) is 10.9 Å². The van der Waals surface area contributed by atoms with Gasteiger partial charge in [-0.15, -0.1) is 11.3 Å². The second kappa shape index (κ2) is 7.16. The number of aromatic nitrogens is 1. The molecule has 2 aromatic carbocycles. The van der Waals surface area contributed by atoms with Crippen LogP contribution >= 0.6 is 22.9 Å². The maximum Gasteiger partial charge on any atom is 0.230 e. The van der Waals surface area contributed by atoms with Gasteiger partial charge in [0.15, 0.2) is 0 Å². The predicted octanol–water partition coefficient (Wildman–Crippen LogP) is 5.26. The summed E-state index contributed by atoms with van der Waals surface area (Å²) >= 11 is 7.78. The Kier molecular flexibility index (Phi) is 4.97. The highest BCUT2D eigenvalue weighted by Crippen LogP contribution is 2.28. The molecule has 0 fully saturated rings. The van der Waals surface area contributed by atoms with Gasteiger partial charge in [0.05, 0.1) is 22.8 Å². The lowest BCUT2D eigenvalue weighted by Gasteiger charge is -2.11. The predicted molar refractivity (Wildman–Crippen MR) is 101 cm³/mol. The molecule has 1 heterocycles. The van der Waals surface area contributed by atoms with Crippen molar-refractivity contribution in [2.24, 2.45) is 0 Å². The molecule has 0 bridgehead atoms. The Balaban J connectivity index is 1.71. The van der Waals surface area contributed by atoms with Crippen LogP contribution in [0.25, 0.3) is 10.6 Å². The van der Waals surface area contributed by atoms with Crippen LogP contribution < -0.4 is 5.32 Å². The lowest BCUT2D eigenvalue weighted by atomic mass is 10.1. The summed E-state index contributed by atoms with van der Waals surface area (Å²) in [7, 11) is 0. The fourth-order valence-corrected chi connectivity index (χ4v) is 3.72. The van der Waals surface area contributed by atoms with Gasteiger partial charge in [0.25, 0.3) is 0 Å². The lowest BCUT2D eigenvalue weighted by molar-refractivity contribution is -0.115. The molecule has 1 aromatic heterocycles. The molecule has 0 spiro atoms. The van der Waals surface area contributed by atoms with E-state index < -0.39 is 0 Å². The highest BCUT2D eigenvalue weighted by Gasteiger charge is 2.12. The van der Waals surface area contributed by atoms with Gasteiger partial charge in [-0.2, -0.15) is 0 Å². The molecule has 0 atom stereocenters. The molecule has 0 saturated heterocycles. The molecule has 0 unspecified atom stereocenters. The average Bonchev–Trinajstić information content (AvgIpc) is 3.00. The van der Waals surface area contributed by atoms with Crippen LogP contribution in [0.2, 0.25) is 5.02 Å². The summed E-state index contributed by atoms with van der Waals surface area (Å²) in [5, 5.41) is 6.30. The van der Waals surface area contributed by atoms with Gasteiger partial charge in [0.2, 0.25) is 5.91 Å². The van der Waals surface area contributed by atoms with Crippen molar-refractivity contribution < 1.29 is 4.79 Å². The first-order chi connectivity index (χ1) is 11.5. The number of halogens is 1. The molecule has 0 radical (unpaired) electrons. The van der Waals surface area contributed by atoms with Crippen molar-refractivity contribution in [2.75, 3.05) is 5.32 Å². The third-order valence-electron chi connectivity index (χ3n) is 3.61. The minimum absolute atomic E-state index is 0.117. The third kappa shape index (κ3) is 3.83. The maximum absolute atomic E-state index is 12.3. The molecular weight excluding hydrogens is 340 g/mol. The number of rotatable bonds is 4. The van der Waals surface area contributed by atoms with Crippen LogP contribution in [0.15, 0.2) is 47.8 Å². The standard InChI is InChI=1S/C19H17ClN2OS/c1-12-8-13(2)18(16(20)9-12)22-17(23)10-15-11-24-19(21-15)14-6-4-3-5-7-14/h3-9,11H,10H2,1-2H3,(H,22,23). The Morgan fingerprint density at radius 1 is 1.21 bits per heavy atom. The van der Waals surface area contributed by atoms with E-state index in [1.807, 2.05) is 61.7 Å². The van der Waals surface area contributed by atoms with Crippen molar-refractivity contribution in [2.45, 2.75) is 20.3 Å². The van der Waals surface area contributed by atoms with E-state index in [1.54, 1.807) is 11.3 Å². The van der Waals surface area contributed by atoms with Crippen molar-refractivity contribution in [1.29, 1.82) is 0 Å². The second-order valence-corrected chi connectivity index (χ2v) is 6.94. The molecule has 0 aliphatic carbocycles. The summed E-state index contributed by atoms with van der Waals surface area (Å²) in [5.74, 6) is -0.117. The number of carbonyl (C=O) groups is 1. The fraction of sp³-hybridized carbons (Fsp3) is 0.158. The van der Waals surface area contributed by atoms with Gasteiger partial charge < -0.3 is 5.32 Å². The molecule has 1 amide bonds. The first-order valence-corrected chi connectivity index (χ1v) is 8.85. The molecule has 3 rings (SSSR count). The zero-order valence-corrected chi connectivity index (χ0v) is 15.0. The quantitative estimate of drug-likeness (QED) is 0.692. The van der Waals surface area contributed by atoms with Gasteiger partial charge in [0, 0.05) is 10.9 Å². The monoisotopic (exact) mass is 356 g/mol. The second-order valence-electron chi connectivity index (χ2n) is 5.67. The summed E-state index contributed by atoms with van der Waals surface area (Å²) in [6.45, 7) is 3.91. The fourth-order valence-electron chi connectivity index (χ4n) is 2.52. The Morgan fingerprint density at radius 3 is 2.67 bits per heavy atom. The van der Waals surface area contributed by atoms with Crippen LogP contribution in [0.5, 0.6) is 0 Å². The third-order valence-corrected chi connectivity index (χ3v) is 4.85. The minimum atomic E-state index is -0.117. The van der Waals surface area contributed by atoms with E-state index in [4.69, 9.17) is 11.6 Å². The Bertz CT molecular complexity index is 851. The number of amides is 1. The van der Waals surface area contributed by atoms with E-state index >= 15 is 0 Å². The Labute approximate surface area is 150 Å². The summed E-state index contributed by atoms with van der Waals surface area (Å²) in [5.41, 5.74) is 4.52. The number of aryl methyl sites for hydroxylation is 2. The van der Waals surface area contributed by atoms with Crippen molar-refractivity contribution in [3.63, 3.8) is 0 Å². The number of thiazole rings is 1. The summed E-state index contributed by atoms with van der Waals surface area (Å²) in [6.07, 6.45) is 0.229. The number of nitrogens with one attached hydrogen (secondary N) is 1. The minimum Gasteiger partial charge on any atom is -0.324 e. The van der Waals surface area contributed by atoms with Crippen molar-refractivity contribution in [3.8, 4) is 10.6 Å². The Hall–Kier alpha value is -2.17. The molecule has 0 aliphatic rings. The highest BCUT2D eigenvalue weighted by molar-refractivity contribution is 7.13. The molecule has 122 valence electrons. The van der Waals surface area contributed by atoms with Crippen LogP contribution in [0.1, 0.15) is 16.8 Å². The van der Waals surface area contributed by atoms with E-state index in [0.29, 0.717) is 10.7 Å². The topological polar surface area (TPSA) is 42.0 Å². The average molecular weight is 357 g/mol. The number of hydrogen-bond acceptors (Lipinski definition) is 3. The van der Waals surface area contributed by atoms with E-state index in [-0.39, 0.29) is 12.3 Å². The number of nitrogens with zero attached hydrogens (tertiary/aromatic N) is 1. The summed E-state index contributed by atoms with van der Waals surface area (Å²) in [6, 6.07) is 13.8. The highest BCUT2D eigenvalue weighted by atomic mass is 35.5. The van der Waals surface area contributed by atoms with Gasteiger partial charge in [-0.05, 0) is 31.0 Å². The van der Waals surface area contributed by atoms with Crippen LogP contribution in [0.4, 0.5) is 5.69 Å². The van der Waals surface area contributed by atoms with E-state index in [9.17, 15) is 4.79 Å². The molecule has 1 N–H and O–H groups in total. The van der Waals surface area contributed by atoms with Crippen molar-refractivity contribution in [1.82, 2.24) is 4.98 Å². The SMILES string of the molecule is Cc1cc(C)c(NC(=O)Cc2csc(-c3ccccc3)n2)c(Cl)c1. The smallest absolute Gasteiger partial charge is 0.230 e. The maximum atomic E-state index is 12.3. The van der Waals surface area contributed by atoms with Crippen LogP contribution in [0, 0.1) is 13.8 Å². The van der Waals surface area contributed by atoms with Gasteiger partial charge in [-0.3, -0.25) is 4.79 Å². The number of hydrogen-bond donors (Lipinski definition) is 1. The van der Waals surface area contributed by atoms with Crippen LogP contribution in [-0.2, 0) is 11.2 Å². The van der Waals surface area contributed by atoms with Gasteiger partial charge in [-0.25, -0.2) is 4.98 Å². The number of carbonyl (C=O) groups excluding carboxylic acids is 1. The molecule has 3 aromatic rings. The zero-order chi connectivity index (χ0) is 17.1.